The van der Waals surface area contributed by atoms with Gasteiger partial charge in [0.1, 0.15) is 11.5 Å². The number of hydrogen-bond donors (Lipinski definition) is 2. The lowest BCUT2D eigenvalue weighted by atomic mass is 10.2. The van der Waals surface area contributed by atoms with Gasteiger partial charge in [0, 0.05) is 11.8 Å². The summed E-state index contributed by atoms with van der Waals surface area (Å²) in [6, 6.07) is 12.7. The first-order valence-electron chi connectivity index (χ1n) is 9.21. The molecule has 0 saturated heterocycles. The van der Waals surface area contributed by atoms with Gasteiger partial charge in [-0.25, -0.2) is 9.59 Å². The van der Waals surface area contributed by atoms with Crippen LogP contribution < -0.4 is 20.1 Å². The van der Waals surface area contributed by atoms with Crippen LogP contribution in [-0.4, -0.2) is 50.8 Å². The van der Waals surface area contributed by atoms with Crippen molar-refractivity contribution in [3.63, 3.8) is 0 Å². The Morgan fingerprint density at radius 3 is 2.29 bits per heavy atom. The third kappa shape index (κ3) is 8.05. The number of methoxy groups -OCH3 is 1. The zero-order valence-corrected chi connectivity index (χ0v) is 17.0. The minimum Gasteiger partial charge on any atom is -0.497 e. The Hall–Kier alpha value is -4.08. The Morgan fingerprint density at radius 1 is 0.871 bits per heavy atom. The molecule has 3 amide bonds. The predicted molar refractivity (Wildman–Crippen MR) is 109 cm³/mol. The van der Waals surface area contributed by atoms with Crippen molar-refractivity contribution in [2.45, 2.75) is 6.92 Å². The van der Waals surface area contributed by atoms with Crippen molar-refractivity contribution in [2.75, 3.05) is 32.2 Å². The smallest absolute Gasteiger partial charge is 0.413 e. The Bertz CT molecular complexity index is 927. The number of carbonyl (C=O) groups is 4. The van der Waals surface area contributed by atoms with Crippen LogP contribution in [0.15, 0.2) is 48.5 Å². The molecule has 2 aromatic rings. The van der Waals surface area contributed by atoms with Gasteiger partial charge in [0.25, 0.3) is 11.8 Å². The van der Waals surface area contributed by atoms with Gasteiger partial charge in [0.15, 0.2) is 13.2 Å². The van der Waals surface area contributed by atoms with Gasteiger partial charge in [-0.05, 0) is 43.3 Å². The molecule has 10 heteroatoms. The monoisotopic (exact) mass is 430 g/mol. The molecule has 0 aliphatic heterocycles. The van der Waals surface area contributed by atoms with E-state index in [9.17, 15) is 19.2 Å². The van der Waals surface area contributed by atoms with Crippen LogP contribution in [-0.2, 0) is 19.1 Å². The molecular weight excluding hydrogens is 408 g/mol. The van der Waals surface area contributed by atoms with Gasteiger partial charge >= 0.3 is 12.1 Å². The highest BCUT2D eigenvalue weighted by Crippen LogP contribution is 2.17. The van der Waals surface area contributed by atoms with Crippen LogP contribution in [0.2, 0.25) is 0 Å². The molecule has 0 bridgehead atoms. The number of ether oxygens (including phenoxy) is 4. The summed E-state index contributed by atoms with van der Waals surface area (Å²) < 4.78 is 19.8. The van der Waals surface area contributed by atoms with E-state index in [4.69, 9.17) is 14.2 Å². The van der Waals surface area contributed by atoms with Crippen LogP contribution in [0.25, 0.3) is 0 Å². The number of amides is 3. The normalized spacial score (nSPS) is 9.87. The number of alkyl carbamates (subject to hydrolysis) is 1. The summed E-state index contributed by atoms with van der Waals surface area (Å²) in [5.74, 6) is -0.976. The van der Waals surface area contributed by atoms with Crippen LogP contribution in [0.1, 0.15) is 17.3 Å². The SMILES string of the molecule is CCOC(=O)NC(=O)COC(=O)c1ccc(OCC(=O)Nc2cccc(OC)c2)cc1. The van der Waals surface area contributed by atoms with Crippen LogP contribution in [0.3, 0.4) is 0 Å². The Labute approximate surface area is 178 Å². The van der Waals surface area contributed by atoms with Crippen molar-refractivity contribution in [3.05, 3.63) is 54.1 Å². The quantitative estimate of drug-likeness (QED) is 0.579. The molecule has 0 fully saturated rings. The fraction of sp³-hybridized carbons (Fsp3) is 0.238. The molecule has 164 valence electrons. The van der Waals surface area contributed by atoms with Crippen molar-refractivity contribution in [1.29, 1.82) is 0 Å². The number of hydrogen-bond acceptors (Lipinski definition) is 8. The number of anilines is 1. The van der Waals surface area contributed by atoms with Gasteiger partial charge in [0.05, 0.1) is 19.3 Å². The summed E-state index contributed by atoms with van der Waals surface area (Å²) in [6.07, 6.45) is -0.916. The number of esters is 1. The van der Waals surface area contributed by atoms with E-state index >= 15 is 0 Å². The highest BCUT2D eigenvalue weighted by molar-refractivity contribution is 5.95. The number of rotatable bonds is 9. The fourth-order valence-corrected chi connectivity index (χ4v) is 2.27. The molecule has 2 rings (SSSR count). The van der Waals surface area contributed by atoms with E-state index in [0.29, 0.717) is 17.2 Å². The third-order valence-corrected chi connectivity index (χ3v) is 3.66. The van der Waals surface area contributed by atoms with Crippen LogP contribution in [0.5, 0.6) is 11.5 Å². The van der Waals surface area contributed by atoms with E-state index in [2.05, 4.69) is 10.1 Å². The van der Waals surface area contributed by atoms with Gasteiger partial charge in [-0.15, -0.1) is 0 Å². The molecule has 0 spiro atoms. The second kappa shape index (κ2) is 11.8. The van der Waals surface area contributed by atoms with Crippen LogP contribution >= 0.6 is 0 Å². The van der Waals surface area contributed by atoms with Crippen molar-refractivity contribution >= 4 is 29.6 Å². The largest absolute Gasteiger partial charge is 0.497 e. The molecule has 2 N–H and O–H groups in total. The second-order valence-corrected chi connectivity index (χ2v) is 5.94. The molecule has 0 aliphatic carbocycles. The number of imide groups is 1. The van der Waals surface area contributed by atoms with Gasteiger partial charge in [0.2, 0.25) is 0 Å². The average Bonchev–Trinajstić information content (AvgIpc) is 2.76. The molecule has 0 radical (unpaired) electrons. The molecule has 0 saturated carbocycles. The molecule has 0 heterocycles. The van der Waals surface area contributed by atoms with E-state index in [1.54, 1.807) is 31.2 Å². The van der Waals surface area contributed by atoms with Crippen molar-refractivity contribution < 1.29 is 38.1 Å². The maximum absolute atomic E-state index is 12.0. The molecule has 10 nitrogen and oxygen atoms in total. The first-order chi connectivity index (χ1) is 14.9. The van der Waals surface area contributed by atoms with Crippen molar-refractivity contribution in [1.82, 2.24) is 5.32 Å². The van der Waals surface area contributed by atoms with Crippen molar-refractivity contribution in [3.8, 4) is 11.5 Å². The molecular formula is C21H22N2O8. The zero-order chi connectivity index (χ0) is 22.6. The highest BCUT2D eigenvalue weighted by Gasteiger charge is 2.13. The summed E-state index contributed by atoms with van der Waals surface area (Å²) in [6.45, 7) is 0.815. The summed E-state index contributed by atoms with van der Waals surface area (Å²) >= 11 is 0. The Balaban J connectivity index is 1.77. The maximum atomic E-state index is 12.0. The molecule has 2 aromatic carbocycles. The Morgan fingerprint density at radius 2 is 1.61 bits per heavy atom. The predicted octanol–water partition coefficient (Wildman–Crippen LogP) is 2.14. The fourth-order valence-electron chi connectivity index (χ4n) is 2.27. The summed E-state index contributed by atoms with van der Waals surface area (Å²) in [5.41, 5.74) is 0.732. The van der Waals surface area contributed by atoms with E-state index in [1.807, 2.05) is 5.32 Å². The molecule has 0 aromatic heterocycles. The van der Waals surface area contributed by atoms with E-state index < -0.39 is 24.6 Å². The van der Waals surface area contributed by atoms with Gasteiger partial charge in [-0.3, -0.25) is 14.9 Å². The minimum absolute atomic E-state index is 0.107. The van der Waals surface area contributed by atoms with Crippen LogP contribution in [0, 0.1) is 0 Å². The lowest BCUT2D eigenvalue weighted by Gasteiger charge is -2.09. The Kier molecular flexibility index (Phi) is 8.84. The summed E-state index contributed by atoms with van der Waals surface area (Å²) in [5, 5.41) is 4.58. The topological polar surface area (TPSA) is 129 Å². The first kappa shape index (κ1) is 23.2. The van der Waals surface area contributed by atoms with Gasteiger partial charge in [-0.1, -0.05) is 6.07 Å². The lowest BCUT2D eigenvalue weighted by Crippen LogP contribution is -2.34. The maximum Gasteiger partial charge on any atom is 0.413 e. The molecule has 0 aliphatic rings. The first-order valence-corrected chi connectivity index (χ1v) is 9.21. The van der Waals surface area contributed by atoms with E-state index in [1.165, 1.54) is 31.4 Å². The van der Waals surface area contributed by atoms with Gasteiger partial charge < -0.3 is 24.3 Å². The second-order valence-electron chi connectivity index (χ2n) is 5.94. The molecule has 0 atom stereocenters. The molecule has 31 heavy (non-hydrogen) atoms. The number of benzene rings is 2. The summed E-state index contributed by atoms with van der Waals surface area (Å²) in [7, 11) is 1.53. The van der Waals surface area contributed by atoms with E-state index in [0.717, 1.165) is 0 Å². The van der Waals surface area contributed by atoms with Crippen molar-refractivity contribution in [2.24, 2.45) is 0 Å². The average molecular weight is 430 g/mol. The highest BCUT2D eigenvalue weighted by atomic mass is 16.6. The number of nitrogens with one attached hydrogen (secondary N) is 2. The van der Waals surface area contributed by atoms with E-state index in [-0.39, 0.29) is 24.7 Å². The molecule has 0 unspecified atom stereocenters. The third-order valence-electron chi connectivity index (χ3n) is 3.66. The van der Waals surface area contributed by atoms with Crippen LogP contribution in [0.4, 0.5) is 10.5 Å². The lowest BCUT2D eigenvalue weighted by molar-refractivity contribution is -0.123. The van der Waals surface area contributed by atoms with Gasteiger partial charge in [-0.2, -0.15) is 0 Å². The summed E-state index contributed by atoms with van der Waals surface area (Å²) in [4.78, 5) is 46.5. The number of carbonyl (C=O) groups excluding carboxylic acids is 4. The standard InChI is InChI=1S/C21H22N2O8/c1-3-29-21(27)23-19(25)13-31-20(26)14-7-9-16(10-8-14)30-12-18(24)22-15-5-4-6-17(11-15)28-2/h4-11H,3,12-13H2,1-2H3,(H,22,24)(H,23,25,27). The minimum atomic E-state index is -0.916. The zero-order valence-electron chi connectivity index (χ0n) is 17.0.